The van der Waals surface area contributed by atoms with Crippen LogP contribution in [0.2, 0.25) is 5.02 Å². The molecule has 5 nitrogen and oxygen atoms in total. The number of benzene rings is 1. The Balaban J connectivity index is 1.62. The van der Waals surface area contributed by atoms with Crippen molar-refractivity contribution in [3.63, 3.8) is 0 Å². The van der Waals surface area contributed by atoms with E-state index in [0.717, 1.165) is 4.47 Å². The number of hydrogen-bond donors (Lipinski definition) is 1. The fourth-order valence-corrected chi connectivity index (χ4v) is 2.67. The lowest BCUT2D eigenvalue weighted by Crippen LogP contribution is -2.10. The van der Waals surface area contributed by atoms with E-state index in [0.29, 0.717) is 22.2 Å². The zero-order valence-corrected chi connectivity index (χ0v) is 14.7. The summed E-state index contributed by atoms with van der Waals surface area (Å²) in [7, 11) is 0. The molecule has 1 amide bonds. The molecule has 2 aromatic heterocycles. The van der Waals surface area contributed by atoms with Crippen LogP contribution >= 0.6 is 27.5 Å². The van der Waals surface area contributed by atoms with Gasteiger partial charge in [0.25, 0.3) is 5.91 Å². The molecule has 7 heteroatoms. The second-order valence-electron chi connectivity index (χ2n) is 4.82. The lowest BCUT2D eigenvalue weighted by molar-refractivity contribution is 0.0992. The minimum absolute atomic E-state index is 0.171. The van der Waals surface area contributed by atoms with Gasteiger partial charge in [-0.1, -0.05) is 27.5 Å². The second kappa shape index (κ2) is 7.51. The van der Waals surface area contributed by atoms with Gasteiger partial charge >= 0.3 is 0 Å². The molecule has 0 aliphatic carbocycles. The van der Waals surface area contributed by atoms with Crippen molar-refractivity contribution in [1.29, 1.82) is 0 Å². The predicted molar refractivity (Wildman–Crippen MR) is 94.4 cm³/mol. The van der Waals surface area contributed by atoms with Gasteiger partial charge in [0.05, 0.1) is 5.02 Å². The Morgan fingerprint density at radius 2 is 2.00 bits per heavy atom. The normalized spacial score (nSPS) is 10.4. The molecule has 1 N–H and O–H groups in total. The highest BCUT2D eigenvalue weighted by Crippen LogP contribution is 2.28. The fourth-order valence-electron chi connectivity index (χ4n) is 1.95. The van der Waals surface area contributed by atoms with Crippen LogP contribution in [0, 0.1) is 0 Å². The monoisotopic (exact) mass is 406 g/mol. The van der Waals surface area contributed by atoms with Gasteiger partial charge in [0.15, 0.2) is 5.76 Å². The van der Waals surface area contributed by atoms with Crippen molar-refractivity contribution in [3.05, 3.63) is 75.9 Å². The van der Waals surface area contributed by atoms with Crippen molar-refractivity contribution in [3.8, 4) is 5.75 Å². The topological polar surface area (TPSA) is 64.4 Å². The quantitative estimate of drug-likeness (QED) is 0.652. The molecule has 3 aromatic rings. The van der Waals surface area contributed by atoms with Gasteiger partial charge in [-0.05, 0) is 42.5 Å². The number of anilines is 1. The average molecular weight is 408 g/mol. The van der Waals surface area contributed by atoms with Crippen LogP contribution in [0.15, 0.2) is 63.7 Å². The van der Waals surface area contributed by atoms with E-state index in [2.05, 4.69) is 26.2 Å². The van der Waals surface area contributed by atoms with Crippen LogP contribution in [0.4, 0.5) is 5.69 Å². The summed E-state index contributed by atoms with van der Waals surface area (Å²) in [5, 5.41) is 3.21. The molecule has 0 aliphatic rings. The molecule has 2 heterocycles. The Morgan fingerprint density at radius 3 is 2.75 bits per heavy atom. The first-order chi connectivity index (χ1) is 11.6. The van der Waals surface area contributed by atoms with Gasteiger partial charge in [-0.15, -0.1) is 0 Å². The summed E-state index contributed by atoms with van der Waals surface area (Å²) < 4.78 is 12.0. The maximum atomic E-state index is 12.1. The Hall–Kier alpha value is -2.31. The van der Waals surface area contributed by atoms with Crippen LogP contribution in [0.5, 0.6) is 5.75 Å². The molecular weight excluding hydrogens is 396 g/mol. The second-order valence-corrected chi connectivity index (χ2v) is 6.14. The zero-order valence-electron chi connectivity index (χ0n) is 12.3. The van der Waals surface area contributed by atoms with Gasteiger partial charge in [-0.3, -0.25) is 9.78 Å². The Bertz CT molecular complexity index is 852. The number of carbonyl (C=O) groups excluding carboxylic acids is 1. The molecule has 1 aromatic carbocycles. The van der Waals surface area contributed by atoms with E-state index in [4.69, 9.17) is 20.8 Å². The molecule has 0 fully saturated rings. The van der Waals surface area contributed by atoms with Crippen molar-refractivity contribution in [2.24, 2.45) is 0 Å². The third-order valence-electron chi connectivity index (χ3n) is 3.09. The lowest BCUT2D eigenvalue weighted by atomic mass is 10.3. The zero-order chi connectivity index (χ0) is 16.9. The SMILES string of the molecule is O=C(Nc1ccncc1)c1ccc(COc2ccc(Br)cc2Cl)o1. The highest BCUT2D eigenvalue weighted by molar-refractivity contribution is 9.10. The molecular formula is C17H12BrClN2O3. The Morgan fingerprint density at radius 1 is 1.21 bits per heavy atom. The third kappa shape index (κ3) is 4.15. The van der Waals surface area contributed by atoms with E-state index in [1.165, 1.54) is 0 Å². The van der Waals surface area contributed by atoms with Crippen molar-refractivity contribution in [2.45, 2.75) is 6.61 Å². The summed E-state index contributed by atoms with van der Waals surface area (Å²) in [6, 6.07) is 12.0. The van der Waals surface area contributed by atoms with Gasteiger partial charge in [-0.25, -0.2) is 0 Å². The van der Waals surface area contributed by atoms with E-state index in [-0.39, 0.29) is 18.3 Å². The minimum atomic E-state index is -0.339. The first-order valence-electron chi connectivity index (χ1n) is 7.00. The van der Waals surface area contributed by atoms with E-state index < -0.39 is 0 Å². The predicted octanol–water partition coefficient (Wildman–Crippen LogP) is 4.92. The maximum Gasteiger partial charge on any atom is 0.291 e. The van der Waals surface area contributed by atoms with E-state index in [1.54, 1.807) is 48.8 Å². The van der Waals surface area contributed by atoms with E-state index >= 15 is 0 Å². The van der Waals surface area contributed by atoms with Crippen LogP contribution in [-0.2, 0) is 6.61 Å². The third-order valence-corrected chi connectivity index (χ3v) is 3.88. The highest BCUT2D eigenvalue weighted by atomic mass is 79.9. The minimum Gasteiger partial charge on any atom is -0.484 e. The van der Waals surface area contributed by atoms with Gasteiger partial charge in [0.2, 0.25) is 0 Å². The Kier molecular flexibility index (Phi) is 5.17. The van der Waals surface area contributed by atoms with Gasteiger partial charge in [0.1, 0.15) is 18.1 Å². The largest absolute Gasteiger partial charge is 0.484 e. The van der Waals surface area contributed by atoms with E-state index in [1.807, 2.05) is 6.07 Å². The van der Waals surface area contributed by atoms with Crippen LogP contribution in [0.1, 0.15) is 16.3 Å². The summed E-state index contributed by atoms with van der Waals surface area (Å²) in [6.45, 7) is 0.171. The Labute approximate surface area is 151 Å². The number of nitrogens with one attached hydrogen (secondary N) is 1. The first-order valence-corrected chi connectivity index (χ1v) is 8.17. The summed E-state index contributed by atoms with van der Waals surface area (Å²) in [6.07, 6.45) is 3.19. The van der Waals surface area contributed by atoms with E-state index in [9.17, 15) is 4.79 Å². The first kappa shape index (κ1) is 16.5. The number of amides is 1. The maximum absolute atomic E-state index is 12.1. The number of nitrogens with zero attached hydrogens (tertiary/aromatic N) is 1. The lowest BCUT2D eigenvalue weighted by Gasteiger charge is -2.06. The van der Waals surface area contributed by atoms with Crippen molar-refractivity contribution in [2.75, 3.05) is 5.32 Å². The van der Waals surface area contributed by atoms with Crippen molar-refractivity contribution < 1.29 is 13.9 Å². The number of furan rings is 1. The molecule has 0 aliphatic heterocycles. The van der Waals surface area contributed by atoms with Gasteiger partial charge < -0.3 is 14.5 Å². The van der Waals surface area contributed by atoms with Gasteiger partial charge in [-0.2, -0.15) is 0 Å². The van der Waals surface area contributed by atoms with Crippen molar-refractivity contribution >= 4 is 39.1 Å². The summed E-state index contributed by atoms with van der Waals surface area (Å²) >= 11 is 9.42. The average Bonchev–Trinajstić information content (AvgIpc) is 3.04. The van der Waals surface area contributed by atoms with Crippen LogP contribution in [0.3, 0.4) is 0 Å². The number of aromatic nitrogens is 1. The number of pyridine rings is 1. The standard InChI is InChI=1S/C17H12BrClN2O3/c18-11-1-3-15(14(19)9-11)23-10-13-2-4-16(24-13)17(22)21-12-5-7-20-8-6-12/h1-9H,10H2,(H,20,21,22). The number of hydrogen-bond acceptors (Lipinski definition) is 4. The smallest absolute Gasteiger partial charge is 0.291 e. The fraction of sp³-hybridized carbons (Fsp3) is 0.0588. The molecule has 3 rings (SSSR count). The summed E-state index contributed by atoms with van der Waals surface area (Å²) in [5.41, 5.74) is 0.644. The molecule has 0 bridgehead atoms. The van der Waals surface area contributed by atoms with Crippen molar-refractivity contribution in [1.82, 2.24) is 4.98 Å². The van der Waals surface area contributed by atoms with Gasteiger partial charge in [0, 0.05) is 22.6 Å². The number of carbonyl (C=O) groups is 1. The summed E-state index contributed by atoms with van der Waals surface area (Å²) in [5.74, 6) is 0.925. The van der Waals surface area contributed by atoms with Crippen LogP contribution in [0.25, 0.3) is 0 Å². The number of ether oxygens (including phenoxy) is 1. The highest BCUT2D eigenvalue weighted by Gasteiger charge is 2.12. The molecule has 0 unspecified atom stereocenters. The molecule has 0 radical (unpaired) electrons. The molecule has 0 saturated heterocycles. The van der Waals surface area contributed by atoms with Crippen LogP contribution < -0.4 is 10.1 Å². The molecule has 122 valence electrons. The molecule has 0 spiro atoms. The van der Waals surface area contributed by atoms with Crippen LogP contribution in [-0.4, -0.2) is 10.9 Å². The molecule has 0 atom stereocenters. The summed E-state index contributed by atoms with van der Waals surface area (Å²) in [4.78, 5) is 16.0. The molecule has 24 heavy (non-hydrogen) atoms. The molecule has 0 saturated carbocycles. The number of halogens is 2. The number of rotatable bonds is 5.